The first-order chi connectivity index (χ1) is 13.5. The van der Waals surface area contributed by atoms with Gasteiger partial charge in [0.25, 0.3) is 0 Å². The van der Waals surface area contributed by atoms with Crippen LogP contribution in [-0.4, -0.2) is 47.4 Å². The average Bonchev–Trinajstić information content (AvgIpc) is 2.91. The molecule has 5 atom stereocenters. The maximum atomic E-state index is 12.4. The number of esters is 3. The van der Waals surface area contributed by atoms with Gasteiger partial charge in [0.1, 0.15) is 6.10 Å². The van der Waals surface area contributed by atoms with Crippen LogP contribution in [-0.2, 0) is 28.6 Å². The quantitative estimate of drug-likeness (QED) is 0.334. The molecule has 0 radical (unpaired) electrons. The molecule has 0 aromatic rings. The Labute approximate surface area is 170 Å². The third-order valence-electron chi connectivity index (χ3n) is 5.14. The minimum Gasteiger partial charge on any atom is -0.458 e. The Bertz CT molecular complexity index is 789. The van der Waals surface area contributed by atoms with Gasteiger partial charge in [-0.15, -0.1) is 0 Å². The summed E-state index contributed by atoms with van der Waals surface area (Å²) in [4.78, 5) is 36.5. The number of rotatable bonds is 3. The monoisotopic (exact) mass is 404 g/mol. The van der Waals surface area contributed by atoms with E-state index in [2.05, 4.69) is 13.2 Å². The second-order valence-electron chi connectivity index (χ2n) is 7.51. The number of hydrogen-bond acceptors (Lipinski definition) is 7. The zero-order valence-electron chi connectivity index (χ0n) is 17.3. The van der Waals surface area contributed by atoms with Crippen molar-refractivity contribution in [1.82, 2.24) is 0 Å². The summed E-state index contributed by atoms with van der Waals surface area (Å²) in [5.74, 6) is -2.48. The SMILES string of the molecule is C=C1C[C@H](O)/C=C(\C)C[C@@H](OC(=O)/C(C)=C/C)[C@H]2C(=C)C(=O)O[C@H]2C1OC(C)=O. The van der Waals surface area contributed by atoms with Crippen LogP contribution in [0.4, 0.5) is 0 Å². The molecule has 0 spiro atoms. The van der Waals surface area contributed by atoms with E-state index in [1.807, 2.05) is 0 Å². The molecular weight excluding hydrogens is 376 g/mol. The second kappa shape index (κ2) is 9.22. The number of allylic oxidation sites excluding steroid dienone is 1. The molecule has 0 bridgehead atoms. The molecule has 7 nitrogen and oxygen atoms in total. The van der Waals surface area contributed by atoms with Crippen LogP contribution in [0.3, 0.4) is 0 Å². The van der Waals surface area contributed by atoms with Crippen LogP contribution in [0.15, 0.2) is 47.6 Å². The highest BCUT2D eigenvalue weighted by Gasteiger charge is 2.50. The minimum absolute atomic E-state index is 0.130. The number of hydrogen-bond donors (Lipinski definition) is 1. The third kappa shape index (κ3) is 5.23. The second-order valence-corrected chi connectivity index (χ2v) is 7.51. The van der Waals surface area contributed by atoms with Gasteiger partial charge in [-0.3, -0.25) is 4.79 Å². The molecular formula is C22H28O7. The van der Waals surface area contributed by atoms with Crippen LogP contribution in [0.1, 0.15) is 40.5 Å². The van der Waals surface area contributed by atoms with Crippen LogP contribution in [0.2, 0.25) is 0 Å². The molecule has 1 aliphatic carbocycles. The Balaban J connectivity index is 2.54. The molecule has 1 unspecified atom stereocenters. The number of aliphatic hydroxyl groups is 1. The van der Waals surface area contributed by atoms with Crippen molar-refractivity contribution in [3.05, 3.63) is 47.6 Å². The maximum absolute atomic E-state index is 12.4. The molecule has 1 aliphatic heterocycles. The molecule has 0 saturated carbocycles. The molecule has 1 heterocycles. The minimum atomic E-state index is -0.994. The summed E-state index contributed by atoms with van der Waals surface area (Å²) < 4.78 is 16.6. The summed E-state index contributed by atoms with van der Waals surface area (Å²) in [5.41, 5.74) is 1.73. The van der Waals surface area contributed by atoms with E-state index in [0.29, 0.717) is 11.1 Å². The smallest absolute Gasteiger partial charge is 0.334 e. The fourth-order valence-corrected chi connectivity index (χ4v) is 3.60. The Morgan fingerprint density at radius 2 is 1.90 bits per heavy atom. The summed E-state index contributed by atoms with van der Waals surface area (Å²) >= 11 is 0. The van der Waals surface area contributed by atoms with Crippen molar-refractivity contribution in [2.24, 2.45) is 5.92 Å². The largest absolute Gasteiger partial charge is 0.458 e. The van der Waals surface area contributed by atoms with E-state index in [1.165, 1.54) is 6.92 Å². The fraction of sp³-hybridized carbons (Fsp3) is 0.500. The van der Waals surface area contributed by atoms with E-state index in [4.69, 9.17) is 14.2 Å². The van der Waals surface area contributed by atoms with Crippen molar-refractivity contribution in [3.63, 3.8) is 0 Å². The number of fused-ring (bicyclic) bond motifs is 1. The standard InChI is InChI=1S/C22H28O7/c1-7-12(3)21(25)28-17-9-11(2)8-16(24)10-13(4)19(27-15(6)23)20-18(17)14(5)22(26)29-20/h7-8,16-20,24H,4-5,9-10H2,1-3,6H3/b11-8+,12-7+/t16-,17-,18-,19?,20-/m1/s1. The van der Waals surface area contributed by atoms with E-state index in [9.17, 15) is 19.5 Å². The van der Waals surface area contributed by atoms with Crippen molar-refractivity contribution in [1.29, 1.82) is 0 Å². The zero-order chi connectivity index (χ0) is 21.9. The summed E-state index contributed by atoms with van der Waals surface area (Å²) in [6, 6.07) is 0. The van der Waals surface area contributed by atoms with Crippen LogP contribution in [0, 0.1) is 5.92 Å². The van der Waals surface area contributed by atoms with Crippen molar-refractivity contribution < 1.29 is 33.7 Å². The van der Waals surface area contributed by atoms with Crippen LogP contribution >= 0.6 is 0 Å². The van der Waals surface area contributed by atoms with Gasteiger partial charge < -0.3 is 19.3 Å². The number of carbonyl (C=O) groups excluding carboxylic acids is 3. The van der Waals surface area contributed by atoms with Crippen LogP contribution in [0.25, 0.3) is 0 Å². The van der Waals surface area contributed by atoms with Gasteiger partial charge >= 0.3 is 17.9 Å². The summed E-state index contributed by atoms with van der Waals surface area (Å²) in [5, 5.41) is 10.3. The van der Waals surface area contributed by atoms with Gasteiger partial charge in [0, 0.05) is 30.9 Å². The predicted octanol–water partition coefficient (Wildman–Crippen LogP) is 2.55. The van der Waals surface area contributed by atoms with Crippen molar-refractivity contribution >= 4 is 17.9 Å². The lowest BCUT2D eigenvalue weighted by molar-refractivity contribution is -0.162. The Kier molecular flexibility index (Phi) is 7.19. The Morgan fingerprint density at radius 3 is 2.48 bits per heavy atom. The third-order valence-corrected chi connectivity index (χ3v) is 5.14. The number of aliphatic hydroxyl groups excluding tert-OH is 1. The number of carbonyl (C=O) groups is 3. The summed E-state index contributed by atoms with van der Waals surface area (Å²) in [6.07, 6.45) is 0.0426. The van der Waals surface area contributed by atoms with Gasteiger partial charge in [-0.2, -0.15) is 0 Å². The fourth-order valence-electron chi connectivity index (χ4n) is 3.60. The molecule has 1 fully saturated rings. The molecule has 7 heteroatoms. The zero-order valence-corrected chi connectivity index (χ0v) is 17.3. The summed E-state index contributed by atoms with van der Waals surface area (Å²) in [7, 11) is 0. The van der Waals surface area contributed by atoms with Crippen molar-refractivity contribution in [2.75, 3.05) is 0 Å². The molecule has 0 amide bonds. The van der Waals surface area contributed by atoms with E-state index >= 15 is 0 Å². The topological polar surface area (TPSA) is 99.1 Å². The highest BCUT2D eigenvalue weighted by Crippen LogP contribution is 2.39. The van der Waals surface area contributed by atoms with Gasteiger partial charge in [-0.1, -0.05) is 30.9 Å². The lowest BCUT2D eigenvalue weighted by atomic mass is 9.81. The molecule has 2 rings (SSSR count). The molecule has 0 aromatic carbocycles. The predicted molar refractivity (Wildman–Crippen MR) is 106 cm³/mol. The summed E-state index contributed by atoms with van der Waals surface area (Å²) in [6.45, 7) is 14.1. The molecule has 29 heavy (non-hydrogen) atoms. The molecule has 158 valence electrons. The van der Waals surface area contributed by atoms with E-state index in [1.54, 1.807) is 32.9 Å². The van der Waals surface area contributed by atoms with Crippen molar-refractivity contribution in [2.45, 2.75) is 65.0 Å². The van der Waals surface area contributed by atoms with E-state index in [0.717, 1.165) is 5.57 Å². The average molecular weight is 404 g/mol. The lowest BCUT2D eigenvalue weighted by Gasteiger charge is -2.33. The molecule has 1 N–H and O–H groups in total. The molecule has 0 aromatic heterocycles. The first kappa shape index (κ1) is 22.6. The van der Waals surface area contributed by atoms with E-state index < -0.39 is 48.2 Å². The first-order valence-electron chi connectivity index (χ1n) is 9.49. The van der Waals surface area contributed by atoms with Crippen molar-refractivity contribution in [3.8, 4) is 0 Å². The van der Waals surface area contributed by atoms with Crippen LogP contribution in [0.5, 0.6) is 0 Å². The number of ether oxygens (including phenoxy) is 3. The maximum Gasteiger partial charge on any atom is 0.334 e. The van der Waals surface area contributed by atoms with E-state index in [-0.39, 0.29) is 18.4 Å². The van der Waals surface area contributed by atoms with Gasteiger partial charge in [0.15, 0.2) is 12.2 Å². The van der Waals surface area contributed by atoms with Crippen LogP contribution < -0.4 is 0 Å². The Hall–Kier alpha value is -2.67. The van der Waals surface area contributed by atoms with Gasteiger partial charge in [-0.25, -0.2) is 9.59 Å². The van der Waals surface area contributed by atoms with Gasteiger partial charge in [0.2, 0.25) is 0 Å². The normalized spacial score (nSPS) is 32.6. The van der Waals surface area contributed by atoms with Gasteiger partial charge in [-0.05, 0) is 26.3 Å². The highest BCUT2D eigenvalue weighted by molar-refractivity contribution is 5.92. The first-order valence-corrected chi connectivity index (χ1v) is 9.49. The lowest BCUT2D eigenvalue weighted by Crippen LogP contribution is -2.43. The molecule has 1 saturated heterocycles. The molecule has 2 aliphatic rings. The van der Waals surface area contributed by atoms with Gasteiger partial charge in [0.05, 0.1) is 12.0 Å². The Morgan fingerprint density at radius 1 is 1.24 bits per heavy atom. The highest BCUT2D eigenvalue weighted by atomic mass is 16.6.